The van der Waals surface area contributed by atoms with Crippen molar-refractivity contribution in [3.63, 3.8) is 0 Å². The van der Waals surface area contributed by atoms with Gasteiger partial charge < -0.3 is 9.64 Å². The molecule has 0 bridgehead atoms. The Morgan fingerprint density at radius 3 is 2.06 bits per heavy atom. The van der Waals surface area contributed by atoms with Crippen LogP contribution in [0.25, 0.3) is 0 Å². The Labute approximate surface area is 199 Å². The van der Waals surface area contributed by atoms with Crippen LogP contribution in [0, 0.1) is 6.92 Å². The minimum Gasteiger partial charge on any atom is -0.479 e. The second kappa shape index (κ2) is 9.36. The molecule has 1 heterocycles. The molecule has 0 radical (unpaired) electrons. The zero-order valence-electron chi connectivity index (χ0n) is 18.9. The third-order valence-electron chi connectivity index (χ3n) is 6.21. The van der Waals surface area contributed by atoms with Crippen LogP contribution >= 0.6 is 0 Å². The van der Waals surface area contributed by atoms with Crippen molar-refractivity contribution in [1.82, 2.24) is 0 Å². The molecule has 4 aromatic rings. The van der Waals surface area contributed by atoms with E-state index in [2.05, 4.69) is 0 Å². The molecule has 4 nitrogen and oxygen atoms in total. The molecular formula is C30H25NO3. The number of fused-ring (bicyclic) bond motifs is 1. The molecule has 4 aromatic carbocycles. The molecule has 1 aliphatic rings. The van der Waals surface area contributed by atoms with Crippen LogP contribution in [0.2, 0.25) is 0 Å². The van der Waals surface area contributed by atoms with Gasteiger partial charge in [0.1, 0.15) is 11.8 Å². The lowest BCUT2D eigenvalue weighted by Crippen LogP contribution is -2.42. The van der Waals surface area contributed by atoms with Crippen molar-refractivity contribution in [2.24, 2.45) is 0 Å². The molecule has 0 N–H and O–H groups in total. The van der Waals surface area contributed by atoms with E-state index in [-0.39, 0.29) is 18.1 Å². The number of ether oxygens (including phenoxy) is 1. The Kier molecular flexibility index (Phi) is 5.96. The van der Waals surface area contributed by atoms with E-state index in [0.29, 0.717) is 16.9 Å². The molecule has 0 fully saturated rings. The smallest absolute Gasteiger partial charge is 0.205 e. The molecule has 5 rings (SSSR count). The number of ketones is 2. The van der Waals surface area contributed by atoms with Crippen LogP contribution in [0.1, 0.15) is 37.9 Å². The summed E-state index contributed by atoms with van der Waals surface area (Å²) in [5, 5.41) is 0. The summed E-state index contributed by atoms with van der Waals surface area (Å²) in [6.45, 7) is 2.12. The van der Waals surface area contributed by atoms with Crippen molar-refractivity contribution in [1.29, 1.82) is 0 Å². The maximum Gasteiger partial charge on any atom is 0.205 e. The van der Waals surface area contributed by atoms with Crippen molar-refractivity contribution in [2.75, 3.05) is 11.4 Å². The number of anilines is 1. The van der Waals surface area contributed by atoms with Gasteiger partial charge in [-0.3, -0.25) is 9.59 Å². The summed E-state index contributed by atoms with van der Waals surface area (Å²) in [5.41, 5.74) is 4.09. The third kappa shape index (κ3) is 4.23. The van der Waals surface area contributed by atoms with Gasteiger partial charge in [-0.1, -0.05) is 96.6 Å². The first-order valence-electron chi connectivity index (χ1n) is 11.4. The fourth-order valence-electron chi connectivity index (χ4n) is 4.45. The second-order valence-corrected chi connectivity index (χ2v) is 8.50. The van der Waals surface area contributed by atoms with E-state index in [4.69, 9.17) is 4.74 Å². The highest BCUT2D eigenvalue weighted by Crippen LogP contribution is 2.43. The summed E-state index contributed by atoms with van der Waals surface area (Å²) in [4.78, 5) is 29.0. The minimum atomic E-state index is -0.772. The highest BCUT2D eigenvalue weighted by molar-refractivity contribution is 6.02. The summed E-state index contributed by atoms with van der Waals surface area (Å²) in [7, 11) is 0. The molecule has 0 spiro atoms. The fourth-order valence-corrected chi connectivity index (χ4v) is 4.45. The van der Waals surface area contributed by atoms with Crippen molar-refractivity contribution in [3.8, 4) is 5.75 Å². The maximum atomic E-state index is 13.6. The number of benzene rings is 4. The predicted octanol–water partition coefficient (Wildman–Crippen LogP) is 6.07. The van der Waals surface area contributed by atoms with E-state index < -0.39 is 12.1 Å². The number of carbonyl (C=O) groups is 2. The van der Waals surface area contributed by atoms with Crippen LogP contribution < -0.4 is 9.64 Å². The SMILES string of the molecule is Cc1ccc(C(=O)CN(c2ccccc2)C2c3ccccc3OC2C(=O)c2ccccc2)cc1. The molecular weight excluding hydrogens is 422 g/mol. The lowest BCUT2D eigenvalue weighted by atomic mass is 9.94. The number of aryl methyl sites for hydroxylation is 1. The summed E-state index contributed by atoms with van der Waals surface area (Å²) in [6, 6.07) is 33.8. The van der Waals surface area contributed by atoms with Crippen molar-refractivity contribution in [3.05, 3.63) is 131 Å². The Morgan fingerprint density at radius 1 is 0.735 bits per heavy atom. The van der Waals surface area contributed by atoms with E-state index in [1.54, 1.807) is 12.1 Å². The summed E-state index contributed by atoms with van der Waals surface area (Å²) in [6.07, 6.45) is -0.772. The van der Waals surface area contributed by atoms with Gasteiger partial charge in [-0.15, -0.1) is 0 Å². The molecule has 0 saturated heterocycles. The van der Waals surface area contributed by atoms with E-state index in [1.165, 1.54) is 0 Å². The number of carbonyl (C=O) groups excluding carboxylic acids is 2. The molecule has 2 unspecified atom stereocenters. The molecule has 0 aliphatic carbocycles. The van der Waals surface area contributed by atoms with Gasteiger partial charge in [0.15, 0.2) is 11.9 Å². The lowest BCUT2D eigenvalue weighted by Gasteiger charge is -2.33. The summed E-state index contributed by atoms with van der Waals surface area (Å²) in [5.74, 6) is 0.551. The molecule has 34 heavy (non-hydrogen) atoms. The number of hydrogen-bond donors (Lipinski definition) is 0. The van der Waals surface area contributed by atoms with Gasteiger partial charge in [-0.05, 0) is 25.1 Å². The van der Waals surface area contributed by atoms with E-state index in [0.717, 1.165) is 16.8 Å². The van der Waals surface area contributed by atoms with Crippen molar-refractivity contribution >= 4 is 17.3 Å². The highest BCUT2D eigenvalue weighted by Gasteiger charge is 2.43. The predicted molar refractivity (Wildman–Crippen MR) is 134 cm³/mol. The standard InChI is InChI=1S/C30H25NO3/c1-21-16-18-22(19-17-21)26(32)20-31(24-12-6-3-7-13-24)28-25-14-8-9-15-27(25)34-30(28)29(33)23-10-4-2-5-11-23/h2-19,28,30H,20H2,1H3. The molecule has 0 amide bonds. The van der Waals surface area contributed by atoms with Crippen LogP contribution in [-0.2, 0) is 0 Å². The first kappa shape index (κ1) is 21.7. The van der Waals surface area contributed by atoms with Gasteiger partial charge in [0.2, 0.25) is 5.78 Å². The van der Waals surface area contributed by atoms with Crippen LogP contribution in [0.3, 0.4) is 0 Å². The van der Waals surface area contributed by atoms with Crippen LogP contribution in [-0.4, -0.2) is 24.2 Å². The van der Waals surface area contributed by atoms with Crippen LogP contribution in [0.15, 0.2) is 109 Å². The monoisotopic (exact) mass is 447 g/mol. The normalized spacial score (nSPS) is 16.4. The average Bonchev–Trinajstić information content (AvgIpc) is 3.27. The topological polar surface area (TPSA) is 46.6 Å². The fraction of sp³-hybridized carbons (Fsp3) is 0.133. The van der Waals surface area contributed by atoms with E-state index in [1.807, 2.05) is 109 Å². The number of Topliss-reactive ketones (excluding diaryl/α,β-unsaturated/α-hetero) is 2. The van der Waals surface area contributed by atoms with Crippen LogP contribution in [0.4, 0.5) is 5.69 Å². The van der Waals surface area contributed by atoms with Gasteiger partial charge in [0.05, 0.1) is 6.54 Å². The quantitative estimate of drug-likeness (QED) is 0.323. The zero-order valence-corrected chi connectivity index (χ0v) is 18.9. The largest absolute Gasteiger partial charge is 0.479 e. The minimum absolute atomic E-state index is 0.0147. The summed E-state index contributed by atoms with van der Waals surface area (Å²) < 4.78 is 6.24. The third-order valence-corrected chi connectivity index (χ3v) is 6.21. The Hall–Kier alpha value is -4.18. The number of rotatable bonds is 7. The second-order valence-electron chi connectivity index (χ2n) is 8.50. The number of nitrogens with zero attached hydrogens (tertiary/aromatic N) is 1. The summed E-state index contributed by atoms with van der Waals surface area (Å²) >= 11 is 0. The molecule has 168 valence electrons. The molecule has 0 saturated carbocycles. The number of para-hydroxylation sites is 2. The van der Waals surface area contributed by atoms with Gasteiger partial charge in [0.25, 0.3) is 0 Å². The average molecular weight is 448 g/mol. The number of hydrogen-bond acceptors (Lipinski definition) is 4. The van der Waals surface area contributed by atoms with Gasteiger partial charge in [0, 0.05) is 22.4 Å². The maximum absolute atomic E-state index is 13.6. The molecule has 1 aliphatic heterocycles. The van der Waals surface area contributed by atoms with Gasteiger partial charge in [-0.25, -0.2) is 0 Å². The van der Waals surface area contributed by atoms with Crippen molar-refractivity contribution in [2.45, 2.75) is 19.1 Å². The Morgan fingerprint density at radius 2 is 1.35 bits per heavy atom. The zero-order chi connectivity index (χ0) is 23.5. The highest BCUT2D eigenvalue weighted by atomic mass is 16.5. The van der Waals surface area contributed by atoms with E-state index in [9.17, 15) is 9.59 Å². The van der Waals surface area contributed by atoms with E-state index >= 15 is 0 Å². The van der Waals surface area contributed by atoms with Gasteiger partial charge in [-0.2, -0.15) is 0 Å². The van der Waals surface area contributed by atoms with Crippen molar-refractivity contribution < 1.29 is 14.3 Å². The first-order chi connectivity index (χ1) is 16.6. The van der Waals surface area contributed by atoms with Gasteiger partial charge >= 0.3 is 0 Å². The molecule has 4 heteroatoms. The molecule has 0 aromatic heterocycles. The molecule has 2 atom stereocenters. The first-order valence-corrected chi connectivity index (χ1v) is 11.4. The lowest BCUT2D eigenvalue weighted by molar-refractivity contribution is 0.0784. The van der Waals surface area contributed by atoms with Crippen LogP contribution in [0.5, 0.6) is 5.75 Å². The Balaban J connectivity index is 1.57. The Bertz CT molecular complexity index is 1300.